The zero-order valence-corrected chi connectivity index (χ0v) is 19.9. The molecular weight excluding hydrogens is 398 g/mol. The van der Waals surface area contributed by atoms with Crippen molar-refractivity contribution in [1.82, 2.24) is 0 Å². The highest BCUT2D eigenvalue weighted by atomic mass is 32.2. The lowest BCUT2D eigenvalue weighted by Crippen LogP contribution is -2.09. The minimum absolute atomic E-state index is 0.221. The van der Waals surface area contributed by atoms with E-state index < -0.39 is 5.97 Å². The Labute approximate surface area is 187 Å². The van der Waals surface area contributed by atoms with Crippen molar-refractivity contribution in [1.29, 1.82) is 0 Å². The van der Waals surface area contributed by atoms with Crippen LogP contribution in [0.4, 0.5) is 5.69 Å². The SMILES string of the molecule is CCC(C)CCCCCCCCCC(=S)Nc1ccccc1SCCCC(=O)O. The van der Waals surface area contributed by atoms with E-state index in [2.05, 4.69) is 25.2 Å². The zero-order valence-electron chi connectivity index (χ0n) is 18.3. The molecule has 0 saturated heterocycles. The number of anilines is 1. The normalized spacial score (nSPS) is 11.9. The average molecular weight is 438 g/mol. The van der Waals surface area contributed by atoms with Crippen molar-refractivity contribution in [2.24, 2.45) is 5.92 Å². The number of carboxylic acids is 1. The first-order chi connectivity index (χ1) is 14.0. The summed E-state index contributed by atoms with van der Waals surface area (Å²) >= 11 is 7.23. The molecule has 29 heavy (non-hydrogen) atoms. The molecule has 0 aliphatic carbocycles. The second kappa shape index (κ2) is 16.7. The van der Waals surface area contributed by atoms with Crippen molar-refractivity contribution < 1.29 is 9.90 Å². The molecule has 0 heterocycles. The number of aliphatic carboxylic acids is 1. The van der Waals surface area contributed by atoms with Crippen molar-refractivity contribution in [2.75, 3.05) is 11.1 Å². The molecule has 1 aromatic rings. The smallest absolute Gasteiger partial charge is 0.303 e. The number of benzene rings is 1. The van der Waals surface area contributed by atoms with Gasteiger partial charge in [0.15, 0.2) is 0 Å². The van der Waals surface area contributed by atoms with E-state index in [4.69, 9.17) is 17.3 Å². The van der Waals surface area contributed by atoms with Crippen LogP contribution in [0.15, 0.2) is 29.2 Å². The summed E-state index contributed by atoms with van der Waals surface area (Å²) < 4.78 is 0. The van der Waals surface area contributed by atoms with Crippen LogP contribution >= 0.6 is 24.0 Å². The first-order valence-electron chi connectivity index (χ1n) is 11.3. The summed E-state index contributed by atoms with van der Waals surface area (Å²) in [5.41, 5.74) is 1.04. The first-order valence-corrected chi connectivity index (χ1v) is 12.7. The van der Waals surface area contributed by atoms with Gasteiger partial charge >= 0.3 is 5.97 Å². The molecule has 1 aromatic carbocycles. The van der Waals surface area contributed by atoms with Gasteiger partial charge in [-0.3, -0.25) is 4.79 Å². The zero-order chi connectivity index (χ0) is 21.3. The summed E-state index contributed by atoms with van der Waals surface area (Å²) in [6, 6.07) is 8.13. The molecule has 1 unspecified atom stereocenters. The van der Waals surface area contributed by atoms with Gasteiger partial charge in [0.2, 0.25) is 0 Å². The number of hydrogen-bond acceptors (Lipinski definition) is 3. The van der Waals surface area contributed by atoms with Crippen molar-refractivity contribution in [2.45, 2.75) is 95.8 Å². The molecule has 0 fully saturated rings. The molecule has 164 valence electrons. The van der Waals surface area contributed by atoms with Crippen molar-refractivity contribution in [3.8, 4) is 0 Å². The van der Waals surface area contributed by atoms with E-state index in [-0.39, 0.29) is 6.42 Å². The molecule has 0 aliphatic heterocycles. The third-order valence-corrected chi connectivity index (χ3v) is 6.72. The predicted octanol–water partition coefficient (Wildman–Crippen LogP) is 7.94. The Hall–Kier alpha value is -1.07. The van der Waals surface area contributed by atoms with Gasteiger partial charge in [0.05, 0.1) is 10.7 Å². The summed E-state index contributed by atoms with van der Waals surface area (Å²) in [7, 11) is 0. The van der Waals surface area contributed by atoms with Gasteiger partial charge in [0.25, 0.3) is 0 Å². The van der Waals surface area contributed by atoms with Gasteiger partial charge in [-0.2, -0.15) is 0 Å². The summed E-state index contributed by atoms with van der Waals surface area (Å²) in [6.45, 7) is 4.64. The average Bonchev–Trinajstić information content (AvgIpc) is 2.70. The fourth-order valence-electron chi connectivity index (χ4n) is 3.18. The lowest BCUT2D eigenvalue weighted by molar-refractivity contribution is -0.137. The molecule has 3 nitrogen and oxygen atoms in total. The summed E-state index contributed by atoms with van der Waals surface area (Å²) in [5.74, 6) is 0.954. The van der Waals surface area contributed by atoms with E-state index in [0.717, 1.165) is 40.1 Å². The van der Waals surface area contributed by atoms with Crippen LogP contribution in [0.5, 0.6) is 0 Å². The quantitative estimate of drug-likeness (QED) is 0.147. The molecule has 0 amide bonds. The fraction of sp³-hybridized carbons (Fsp3) is 0.667. The van der Waals surface area contributed by atoms with Crippen LogP contribution in [-0.2, 0) is 4.79 Å². The molecule has 0 spiro atoms. The summed E-state index contributed by atoms with van der Waals surface area (Å²) in [6.07, 6.45) is 13.7. The number of carboxylic acid groups (broad SMARTS) is 1. The van der Waals surface area contributed by atoms with Gasteiger partial charge in [-0.15, -0.1) is 11.8 Å². The van der Waals surface area contributed by atoms with Crippen LogP contribution in [0.3, 0.4) is 0 Å². The van der Waals surface area contributed by atoms with Crippen LogP contribution in [0.25, 0.3) is 0 Å². The number of thiocarbonyl (C=S) groups is 1. The number of carbonyl (C=O) groups is 1. The van der Waals surface area contributed by atoms with Gasteiger partial charge in [-0.1, -0.05) is 89.6 Å². The summed E-state index contributed by atoms with van der Waals surface area (Å²) in [4.78, 5) is 12.7. The lowest BCUT2D eigenvalue weighted by Gasteiger charge is -2.12. The Morgan fingerprint density at radius 2 is 1.69 bits per heavy atom. The molecule has 0 aliphatic rings. The minimum atomic E-state index is -0.732. The summed E-state index contributed by atoms with van der Waals surface area (Å²) in [5, 5.41) is 12.1. The fourth-order valence-corrected chi connectivity index (χ4v) is 4.39. The van der Waals surface area contributed by atoms with E-state index >= 15 is 0 Å². The van der Waals surface area contributed by atoms with Crippen LogP contribution in [-0.4, -0.2) is 21.8 Å². The predicted molar refractivity (Wildman–Crippen MR) is 131 cm³/mol. The highest BCUT2D eigenvalue weighted by Crippen LogP contribution is 2.28. The third kappa shape index (κ3) is 13.7. The molecule has 5 heteroatoms. The van der Waals surface area contributed by atoms with Crippen LogP contribution in [0.1, 0.15) is 90.9 Å². The number of unbranched alkanes of at least 4 members (excludes halogenated alkanes) is 6. The highest BCUT2D eigenvalue weighted by Gasteiger charge is 2.06. The van der Waals surface area contributed by atoms with Gasteiger partial charge in [0, 0.05) is 11.3 Å². The Bertz CT molecular complexity index is 592. The maximum absolute atomic E-state index is 10.6. The first kappa shape index (κ1) is 26.0. The highest BCUT2D eigenvalue weighted by molar-refractivity contribution is 7.99. The van der Waals surface area contributed by atoms with E-state index in [1.54, 1.807) is 11.8 Å². The molecular formula is C24H39NO2S2. The number of nitrogens with one attached hydrogen (secondary N) is 1. The number of thioether (sulfide) groups is 1. The van der Waals surface area contributed by atoms with Crippen molar-refractivity contribution in [3.05, 3.63) is 24.3 Å². The second-order valence-electron chi connectivity index (χ2n) is 7.92. The molecule has 0 bridgehead atoms. The number of hydrogen-bond donors (Lipinski definition) is 2. The molecule has 0 saturated carbocycles. The molecule has 1 atom stereocenters. The van der Waals surface area contributed by atoms with Gasteiger partial charge in [-0.25, -0.2) is 0 Å². The van der Waals surface area contributed by atoms with E-state index in [9.17, 15) is 4.79 Å². The van der Waals surface area contributed by atoms with Crippen LogP contribution in [0.2, 0.25) is 0 Å². The van der Waals surface area contributed by atoms with E-state index in [0.29, 0.717) is 6.42 Å². The maximum Gasteiger partial charge on any atom is 0.303 e. The Kier molecular flexibility index (Phi) is 15.0. The number of para-hydroxylation sites is 1. The number of rotatable bonds is 17. The molecule has 1 rings (SSSR count). The van der Waals surface area contributed by atoms with E-state index in [1.165, 1.54) is 51.4 Å². The third-order valence-electron chi connectivity index (χ3n) is 5.25. The Morgan fingerprint density at radius 1 is 1.03 bits per heavy atom. The Balaban J connectivity index is 2.14. The van der Waals surface area contributed by atoms with E-state index in [1.807, 2.05) is 18.2 Å². The lowest BCUT2D eigenvalue weighted by atomic mass is 9.99. The monoisotopic (exact) mass is 437 g/mol. The molecule has 0 radical (unpaired) electrons. The van der Waals surface area contributed by atoms with Gasteiger partial charge in [-0.05, 0) is 43.1 Å². The topological polar surface area (TPSA) is 49.3 Å². The van der Waals surface area contributed by atoms with Crippen LogP contribution < -0.4 is 5.32 Å². The van der Waals surface area contributed by atoms with Crippen molar-refractivity contribution in [3.63, 3.8) is 0 Å². The van der Waals surface area contributed by atoms with Crippen LogP contribution in [0, 0.1) is 5.92 Å². The molecule has 0 aromatic heterocycles. The largest absolute Gasteiger partial charge is 0.481 e. The maximum atomic E-state index is 10.6. The van der Waals surface area contributed by atoms with Gasteiger partial charge < -0.3 is 10.4 Å². The standard InChI is InChI=1S/C24H39NO2S2/c1-3-20(2)14-9-7-5-4-6-8-10-17-23(28)25-21-15-11-12-16-22(21)29-19-13-18-24(26)27/h11-12,15-16,20H,3-10,13-14,17-19H2,1-2H3,(H,25,28)(H,26,27). The van der Waals surface area contributed by atoms with Gasteiger partial charge in [0.1, 0.15) is 0 Å². The van der Waals surface area contributed by atoms with Crippen molar-refractivity contribution >= 4 is 40.6 Å². The Morgan fingerprint density at radius 3 is 2.38 bits per heavy atom. The minimum Gasteiger partial charge on any atom is -0.481 e. The molecule has 2 N–H and O–H groups in total. The second-order valence-corrected chi connectivity index (χ2v) is 9.55.